The zero-order valence-corrected chi connectivity index (χ0v) is 25.6. The van der Waals surface area contributed by atoms with E-state index in [9.17, 15) is 33.6 Å². The number of hydrogen-bond donors (Lipinski definition) is 5. The highest BCUT2D eigenvalue weighted by Crippen LogP contribution is 2.69. The van der Waals surface area contributed by atoms with Crippen molar-refractivity contribution in [1.82, 2.24) is 4.72 Å². The predicted molar refractivity (Wildman–Crippen MR) is 150 cm³/mol. The normalized spacial score (nSPS) is 50.8. The van der Waals surface area contributed by atoms with Crippen LogP contribution in [0.2, 0.25) is 0 Å². The number of carbonyl (C=O) groups excluding carboxylic acids is 1. The van der Waals surface area contributed by atoms with Crippen LogP contribution in [0.3, 0.4) is 0 Å². The maximum Gasteiger partial charge on any atom is 0.331 e. The lowest BCUT2D eigenvalue weighted by molar-refractivity contribution is -0.285. The number of methoxy groups -OCH3 is 1. The molecule has 42 heavy (non-hydrogen) atoms. The molecule has 11 nitrogen and oxygen atoms in total. The van der Waals surface area contributed by atoms with Crippen LogP contribution in [0, 0.1) is 34.5 Å². The van der Waals surface area contributed by atoms with Crippen LogP contribution in [-0.4, -0.2) is 96.6 Å². The number of fused-ring (bicyclic) bond motifs is 5. The van der Waals surface area contributed by atoms with E-state index < -0.39 is 52.1 Å². The summed E-state index contributed by atoms with van der Waals surface area (Å²) in [5.74, 6) is 0.165. The van der Waals surface area contributed by atoms with Crippen molar-refractivity contribution < 1.29 is 47.8 Å². The Bertz CT molecular complexity index is 1210. The van der Waals surface area contributed by atoms with Crippen LogP contribution in [0.5, 0.6) is 0 Å². The number of hydrogen-bond acceptors (Lipinski definition) is 10. The third-order valence-electron chi connectivity index (χ3n) is 12.6. The molecule has 13 atom stereocenters. The van der Waals surface area contributed by atoms with Gasteiger partial charge in [-0.2, -0.15) is 0 Å². The van der Waals surface area contributed by atoms with Crippen molar-refractivity contribution in [3.63, 3.8) is 0 Å². The second-order valence-corrected chi connectivity index (χ2v) is 16.2. The monoisotopic (exact) mass is 613 g/mol. The summed E-state index contributed by atoms with van der Waals surface area (Å²) in [7, 11) is -2.60. The Labute approximate surface area is 248 Å². The fraction of sp³-hybridized carbons (Fsp3) is 0.900. The van der Waals surface area contributed by atoms with E-state index >= 15 is 0 Å². The Hall–Kier alpha value is -1.12. The Balaban J connectivity index is 1.12. The fourth-order valence-corrected chi connectivity index (χ4v) is 11.8. The molecule has 6 aliphatic rings. The average molecular weight is 614 g/mol. The molecule has 2 unspecified atom stereocenters. The van der Waals surface area contributed by atoms with E-state index in [1.807, 2.05) is 0 Å². The van der Waals surface area contributed by atoms with Crippen LogP contribution >= 0.6 is 0 Å². The highest BCUT2D eigenvalue weighted by molar-refractivity contribution is 7.89. The largest absolute Gasteiger partial charge is 0.458 e. The van der Waals surface area contributed by atoms with E-state index in [2.05, 4.69) is 18.6 Å². The molecule has 4 saturated carbocycles. The number of cyclic esters (lactones) is 1. The smallest absolute Gasteiger partial charge is 0.331 e. The zero-order chi connectivity index (χ0) is 30.2. The molecule has 0 radical (unpaired) electrons. The van der Waals surface area contributed by atoms with Gasteiger partial charge in [0.05, 0.1) is 11.4 Å². The molecule has 0 spiro atoms. The lowest BCUT2D eigenvalue weighted by Crippen LogP contribution is -2.63. The number of rotatable bonds is 6. The average Bonchev–Trinajstić information content (AvgIpc) is 3.48. The molecule has 0 aromatic carbocycles. The van der Waals surface area contributed by atoms with Crippen molar-refractivity contribution >= 4 is 16.0 Å². The molecule has 0 bridgehead atoms. The molecule has 2 aliphatic heterocycles. The van der Waals surface area contributed by atoms with E-state index in [1.165, 1.54) is 7.11 Å². The van der Waals surface area contributed by atoms with Gasteiger partial charge in [0, 0.05) is 24.6 Å². The van der Waals surface area contributed by atoms with E-state index in [0.29, 0.717) is 31.3 Å². The Morgan fingerprint density at radius 3 is 2.45 bits per heavy atom. The van der Waals surface area contributed by atoms with Crippen LogP contribution < -0.4 is 4.72 Å². The van der Waals surface area contributed by atoms with Gasteiger partial charge < -0.3 is 34.6 Å². The minimum Gasteiger partial charge on any atom is -0.458 e. The molecule has 2 heterocycles. The summed E-state index contributed by atoms with van der Waals surface area (Å²) in [6.07, 6.45) is 2.10. The summed E-state index contributed by atoms with van der Waals surface area (Å²) >= 11 is 0. The van der Waals surface area contributed by atoms with Gasteiger partial charge in [-0.25, -0.2) is 17.9 Å². The van der Waals surface area contributed by atoms with Crippen LogP contribution in [0.25, 0.3) is 0 Å². The first kappa shape index (κ1) is 30.9. The number of aliphatic hydroxyl groups is 4. The maximum absolute atomic E-state index is 13.2. The Kier molecular flexibility index (Phi) is 7.91. The molecule has 0 aromatic heterocycles. The number of esters is 1. The summed E-state index contributed by atoms with van der Waals surface area (Å²) in [6, 6.07) is -0.251. The molecular weight excluding hydrogens is 566 g/mol. The highest BCUT2D eigenvalue weighted by Gasteiger charge is 2.67. The standard InChI is InChI=1S/C30H47NO10S/c1-28-9-6-18(31-42(37,38)15-22-24(33)25(34)26(35)27(39-3)41-22)13-17(28)4-5-21-20(28)7-10-29(2)19(8-11-30(21,29)36)16-12-23(32)40-14-16/h12,17-22,24-27,31,33-36H,4-11,13-15H2,1-3H3/t17-,18+,19-,20?,21?,22-,24+,25-,26+,27-,28+,29-,30+/m1/s1. The minimum atomic E-state index is -3.88. The van der Waals surface area contributed by atoms with E-state index in [-0.39, 0.29) is 34.7 Å². The lowest BCUT2D eigenvalue weighted by Gasteiger charge is -2.63. The first-order valence-corrected chi connectivity index (χ1v) is 17.2. The summed E-state index contributed by atoms with van der Waals surface area (Å²) in [6.45, 7) is 4.89. The molecule has 4 aliphatic carbocycles. The highest BCUT2D eigenvalue weighted by atomic mass is 32.2. The SMILES string of the molecule is CO[C@@H]1O[C@H](CS(=O)(=O)N[C@H]2CC[C@]3(C)C4CC[C@]5(C)[C@@H](C6=CC(=O)OC6)CC[C@]5(O)C4CC[C@@H]3C2)[C@H](O)[C@@H](O)[C@@H]1O. The van der Waals surface area contributed by atoms with Crippen LogP contribution in [-0.2, 0) is 29.0 Å². The van der Waals surface area contributed by atoms with E-state index in [0.717, 1.165) is 50.5 Å². The van der Waals surface area contributed by atoms with Crippen molar-refractivity contribution in [2.24, 2.45) is 34.5 Å². The van der Waals surface area contributed by atoms with Crippen LogP contribution in [0.15, 0.2) is 11.6 Å². The molecule has 0 aromatic rings. The van der Waals surface area contributed by atoms with Crippen LogP contribution in [0.4, 0.5) is 0 Å². The summed E-state index contributed by atoms with van der Waals surface area (Å²) in [5, 5.41) is 42.9. The van der Waals surface area contributed by atoms with Crippen molar-refractivity contribution in [3.05, 3.63) is 11.6 Å². The third kappa shape index (κ3) is 4.79. The van der Waals surface area contributed by atoms with Gasteiger partial charge in [-0.3, -0.25) is 0 Å². The van der Waals surface area contributed by atoms with Crippen molar-refractivity contribution in [2.45, 2.75) is 114 Å². The maximum atomic E-state index is 13.2. The van der Waals surface area contributed by atoms with Gasteiger partial charge in [0.15, 0.2) is 6.29 Å². The molecular formula is C30H47NO10S. The van der Waals surface area contributed by atoms with Gasteiger partial charge in [0.2, 0.25) is 10.0 Å². The number of sulfonamides is 1. The molecule has 1 saturated heterocycles. The first-order valence-electron chi connectivity index (χ1n) is 15.5. The molecule has 6 rings (SSSR count). The van der Waals surface area contributed by atoms with Gasteiger partial charge in [-0.1, -0.05) is 13.8 Å². The molecule has 12 heteroatoms. The van der Waals surface area contributed by atoms with Crippen LogP contribution in [0.1, 0.15) is 71.6 Å². The number of carbonyl (C=O) groups is 1. The van der Waals surface area contributed by atoms with Crippen molar-refractivity contribution in [1.29, 1.82) is 0 Å². The quantitative estimate of drug-likeness (QED) is 0.272. The van der Waals surface area contributed by atoms with Crippen molar-refractivity contribution in [3.8, 4) is 0 Å². The second-order valence-electron chi connectivity index (χ2n) is 14.4. The van der Waals surface area contributed by atoms with E-state index in [4.69, 9.17) is 14.2 Å². The third-order valence-corrected chi connectivity index (χ3v) is 14.1. The topological polar surface area (TPSA) is 172 Å². The van der Waals surface area contributed by atoms with Gasteiger partial charge in [-0.05, 0) is 92.4 Å². The molecule has 5 fully saturated rings. The summed E-state index contributed by atoms with van der Waals surface area (Å²) in [5.41, 5.74) is -0.0563. The van der Waals surface area contributed by atoms with Gasteiger partial charge in [-0.15, -0.1) is 0 Å². The fourth-order valence-electron chi connectivity index (χ4n) is 10.3. The molecule has 0 amide bonds. The van der Waals surface area contributed by atoms with Gasteiger partial charge in [0.1, 0.15) is 31.0 Å². The molecule has 238 valence electrons. The first-order chi connectivity index (χ1) is 19.7. The zero-order valence-electron chi connectivity index (χ0n) is 24.8. The summed E-state index contributed by atoms with van der Waals surface area (Å²) in [4.78, 5) is 11.8. The summed E-state index contributed by atoms with van der Waals surface area (Å²) < 4.78 is 44.9. The van der Waals surface area contributed by atoms with Gasteiger partial charge in [0.25, 0.3) is 0 Å². The Morgan fingerprint density at radius 2 is 1.76 bits per heavy atom. The van der Waals surface area contributed by atoms with Crippen molar-refractivity contribution in [2.75, 3.05) is 19.5 Å². The number of nitrogens with one attached hydrogen (secondary N) is 1. The minimum absolute atomic E-state index is 0.000315. The van der Waals surface area contributed by atoms with Gasteiger partial charge >= 0.3 is 5.97 Å². The number of ether oxygens (including phenoxy) is 3. The second kappa shape index (κ2) is 10.8. The lowest BCUT2D eigenvalue weighted by atomic mass is 9.43. The number of aliphatic hydroxyl groups excluding tert-OH is 3. The molecule has 5 N–H and O–H groups in total. The Morgan fingerprint density at radius 1 is 1.00 bits per heavy atom. The predicted octanol–water partition coefficient (Wildman–Crippen LogP) is 0.985. The van der Waals surface area contributed by atoms with E-state index in [1.54, 1.807) is 6.08 Å².